The molecule has 0 atom stereocenters. The van der Waals surface area contributed by atoms with Crippen LogP contribution in [0.25, 0.3) is 0 Å². The number of carbonyl (C=O) groups is 1. The Bertz CT molecular complexity index is 415. The van der Waals surface area contributed by atoms with Crippen molar-refractivity contribution in [3.05, 3.63) is 27.5 Å². The molecule has 1 rings (SSSR count). The van der Waals surface area contributed by atoms with E-state index in [1.54, 1.807) is 6.07 Å². The molecule has 6 heteroatoms. The molecular weight excluding hydrogens is 258 g/mol. The molecular formula is C8H3BrF2N2O. The Morgan fingerprint density at radius 1 is 1.64 bits per heavy atom. The van der Waals surface area contributed by atoms with Gasteiger partial charge in [-0.2, -0.15) is 5.26 Å². The first kappa shape index (κ1) is 10.7. The van der Waals surface area contributed by atoms with Gasteiger partial charge in [-0.15, -0.1) is 0 Å². The van der Waals surface area contributed by atoms with Crippen LogP contribution in [0.4, 0.5) is 8.78 Å². The quantitative estimate of drug-likeness (QED) is 0.768. The molecule has 0 fully saturated rings. The van der Waals surface area contributed by atoms with Crippen molar-refractivity contribution >= 4 is 22.2 Å². The van der Waals surface area contributed by atoms with Crippen LogP contribution in [-0.2, 0) is 0 Å². The lowest BCUT2D eigenvalue weighted by molar-refractivity contribution is 0.111. The van der Waals surface area contributed by atoms with Gasteiger partial charge >= 0.3 is 0 Å². The molecule has 1 aromatic rings. The highest BCUT2D eigenvalue weighted by molar-refractivity contribution is 9.10. The summed E-state index contributed by atoms with van der Waals surface area (Å²) < 4.78 is 24.6. The Balaban J connectivity index is 3.43. The first-order chi connectivity index (χ1) is 6.60. The van der Waals surface area contributed by atoms with Crippen molar-refractivity contribution in [3.8, 4) is 6.07 Å². The van der Waals surface area contributed by atoms with Crippen LogP contribution < -0.4 is 0 Å². The van der Waals surface area contributed by atoms with E-state index in [9.17, 15) is 13.6 Å². The molecule has 0 unspecified atom stereocenters. The molecule has 0 aliphatic rings. The number of nitrogens with zero attached hydrogens (tertiary/aromatic N) is 2. The second kappa shape index (κ2) is 4.24. The molecule has 0 radical (unpaired) electrons. The second-order valence-electron chi connectivity index (χ2n) is 2.32. The summed E-state index contributed by atoms with van der Waals surface area (Å²) in [6.07, 6.45) is -2.50. The summed E-state index contributed by atoms with van der Waals surface area (Å²) >= 11 is 2.82. The van der Waals surface area contributed by atoms with E-state index in [1.165, 1.54) is 0 Å². The molecule has 0 bridgehead atoms. The summed E-state index contributed by atoms with van der Waals surface area (Å²) in [5.41, 5.74) is -0.802. The smallest absolute Gasteiger partial charge is 0.281 e. The third kappa shape index (κ3) is 1.93. The summed E-state index contributed by atoms with van der Waals surface area (Å²) in [4.78, 5) is 13.7. The molecule has 0 N–H and O–H groups in total. The van der Waals surface area contributed by atoms with E-state index in [2.05, 4.69) is 20.9 Å². The van der Waals surface area contributed by atoms with Crippen molar-refractivity contribution in [2.45, 2.75) is 6.43 Å². The van der Waals surface area contributed by atoms with E-state index < -0.39 is 12.1 Å². The van der Waals surface area contributed by atoms with Crippen LogP contribution in [0.1, 0.15) is 28.2 Å². The van der Waals surface area contributed by atoms with E-state index in [0.29, 0.717) is 6.29 Å². The first-order valence-electron chi connectivity index (χ1n) is 3.44. The van der Waals surface area contributed by atoms with E-state index in [4.69, 9.17) is 5.26 Å². The van der Waals surface area contributed by atoms with Gasteiger partial charge in [0.25, 0.3) is 6.43 Å². The van der Waals surface area contributed by atoms with Crippen molar-refractivity contribution in [1.29, 1.82) is 5.26 Å². The Morgan fingerprint density at radius 2 is 2.29 bits per heavy atom. The highest BCUT2D eigenvalue weighted by atomic mass is 79.9. The van der Waals surface area contributed by atoms with Gasteiger partial charge < -0.3 is 0 Å². The number of pyridine rings is 1. The van der Waals surface area contributed by atoms with E-state index in [0.717, 1.165) is 6.07 Å². The number of alkyl halides is 2. The van der Waals surface area contributed by atoms with Gasteiger partial charge in [0.15, 0.2) is 6.29 Å². The lowest BCUT2D eigenvalue weighted by Gasteiger charge is -2.04. The predicted octanol–water partition coefficient (Wildman–Crippen LogP) is 2.47. The van der Waals surface area contributed by atoms with Gasteiger partial charge in [0.1, 0.15) is 17.5 Å². The topological polar surface area (TPSA) is 53.8 Å². The van der Waals surface area contributed by atoms with E-state index in [-0.39, 0.29) is 15.7 Å². The van der Waals surface area contributed by atoms with E-state index >= 15 is 0 Å². The van der Waals surface area contributed by atoms with Gasteiger partial charge in [-0.1, -0.05) is 0 Å². The van der Waals surface area contributed by atoms with Crippen molar-refractivity contribution in [3.63, 3.8) is 0 Å². The van der Waals surface area contributed by atoms with Gasteiger partial charge in [0.2, 0.25) is 0 Å². The summed E-state index contributed by atoms with van der Waals surface area (Å²) in [5.74, 6) is 0. The van der Waals surface area contributed by atoms with Gasteiger partial charge in [-0.05, 0) is 22.0 Å². The number of halogens is 3. The number of hydrogen-bond donors (Lipinski definition) is 0. The zero-order chi connectivity index (χ0) is 10.7. The maximum Gasteiger partial charge on any atom is 0.281 e. The molecule has 0 amide bonds. The molecule has 3 nitrogen and oxygen atoms in total. The lowest BCUT2D eigenvalue weighted by Crippen LogP contribution is -1.99. The number of nitriles is 1. The fourth-order valence-corrected chi connectivity index (χ4v) is 1.32. The maximum absolute atomic E-state index is 12.3. The molecule has 1 aromatic heterocycles. The molecule has 0 spiro atoms. The summed E-state index contributed by atoms with van der Waals surface area (Å²) in [6.45, 7) is 0. The van der Waals surface area contributed by atoms with Crippen LogP contribution in [-0.4, -0.2) is 11.3 Å². The largest absolute Gasteiger partial charge is 0.296 e. The zero-order valence-corrected chi connectivity index (χ0v) is 8.25. The third-order valence-corrected chi connectivity index (χ3v) is 2.28. The summed E-state index contributed by atoms with van der Waals surface area (Å²) in [5, 5.41) is 8.58. The molecule has 0 aromatic carbocycles. The molecule has 14 heavy (non-hydrogen) atoms. The van der Waals surface area contributed by atoms with Crippen LogP contribution in [0.5, 0.6) is 0 Å². The fraction of sp³-hybridized carbons (Fsp3) is 0.125. The number of aromatic nitrogens is 1. The van der Waals surface area contributed by atoms with Crippen LogP contribution in [0.3, 0.4) is 0 Å². The minimum atomic E-state index is -2.82. The highest BCUT2D eigenvalue weighted by Crippen LogP contribution is 2.28. The van der Waals surface area contributed by atoms with Crippen LogP contribution >= 0.6 is 15.9 Å². The average molecular weight is 261 g/mol. The molecule has 0 aliphatic carbocycles. The highest BCUT2D eigenvalue weighted by Gasteiger charge is 2.17. The maximum atomic E-state index is 12.3. The molecule has 1 heterocycles. The van der Waals surface area contributed by atoms with Gasteiger partial charge in [0, 0.05) is 0 Å². The van der Waals surface area contributed by atoms with Crippen molar-refractivity contribution in [2.24, 2.45) is 0 Å². The molecule has 72 valence electrons. The van der Waals surface area contributed by atoms with Crippen LogP contribution in [0.15, 0.2) is 10.5 Å². The Kier molecular flexibility index (Phi) is 3.25. The predicted molar refractivity (Wildman–Crippen MR) is 47.0 cm³/mol. The van der Waals surface area contributed by atoms with Crippen LogP contribution in [0.2, 0.25) is 0 Å². The Morgan fingerprint density at radius 3 is 2.71 bits per heavy atom. The van der Waals surface area contributed by atoms with Crippen molar-refractivity contribution < 1.29 is 13.6 Å². The van der Waals surface area contributed by atoms with Gasteiger partial charge in [0.05, 0.1) is 10.0 Å². The van der Waals surface area contributed by atoms with Crippen molar-refractivity contribution in [2.75, 3.05) is 0 Å². The average Bonchev–Trinajstić information content (AvgIpc) is 2.17. The number of hydrogen-bond acceptors (Lipinski definition) is 3. The van der Waals surface area contributed by atoms with Gasteiger partial charge in [-0.3, -0.25) is 4.79 Å². The molecule has 0 saturated heterocycles. The minimum absolute atomic E-state index is 0.0302. The fourth-order valence-electron chi connectivity index (χ4n) is 0.856. The first-order valence-corrected chi connectivity index (χ1v) is 4.23. The summed E-state index contributed by atoms with van der Waals surface area (Å²) in [7, 11) is 0. The molecule has 0 aliphatic heterocycles. The standard InChI is InChI=1S/C8H3BrF2N2O/c9-6-4(2-12)1-5(3-14)13-7(6)8(10)11/h1,3,8H. The van der Waals surface area contributed by atoms with E-state index in [1.807, 2.05) is 0 Å². The van der Waals surface area contributed by atoms with Crippen molar-refractivity contribution in [1.82, 2.24) is 4.98 Å². The number of rotatable bonds is 2. The van der Waals surface area contributed by atoms with Crippen LogP contribution in [0, 0.1) is 11.3 Å². The zero-order valence-electron chi connectivity index (χ0n) is 6.67. The lowest BCUT2D eigenvalue weighted by atomic mass is 10.2. The summed E-state index contributed by atoms with van der Waals surface area (Å²) in [6, 6.07) is 2.83. The normalized spacial score (nSPS) is 9.93. The monoisotopic (exact) mass is 260 g/mol. The number of aldehydes is 1. The second-order valence-corrected chi connectivity index (χ2v) is 3.12. The Labute approximate surface area is 86.5 Å². The molecule has 0 saturated carbocycles. The third-order valence-electron chi connectivity index (χ3n) is 1.45. The minimum Gasteiger partial charge on any atom is -0.296 e. The number of carbonyl (C=O) groups excluding carboxylic acids is 1. The SMILES string of the molecule is N#Cc1cc(C=O)nc(C(F)F)c1Br. The van der Waals surface area contributed by atoms with Gasteiger partial charge in [-0.25, -0.2) is 13.8 Å². The Hall–Kier alpha value is -1.35.